The first kappa shape index (κ1) is 23.6. The molecule has 3 heterocycles. The van der Waals surface area contributed by atoms with Crippen molar-refractivity contribution in [3.05, 3.63) is 77.9 Å². The molecule has 0 saturated heterocycles. The van der Waals surface area contributed by atoms with Crippen LogP contribution < -0.4 is 27.4 Å². The Labute approximate surface area is 195 Å². The second kappa shape index (κ2) is 10.5. The van der Waals surface area contributed by atoms with Gasteiger partial charge in [-0.15, -0.1) is 0 Å². The number of anilines is 1. The molecule has 1 atom stereocenters. The van der Waals surface area contributed by atoms with Crippen LogP contribution in [0.4, 0.5) is 5.69 Å². The number of pyridine rings is 2. The quantitative estimate of drug-likeness (QED) is 0.381. The van der Waals surface area contributed by atoms with Crippen molar-refractivity contribution in [2.75, 3.05) is 19.0 Å². The minimum absolute atomic E-state index is 0.197. The van der Waals surface area contributed by atoms with E-state index in [1.807, 2.05) is 49.8 Å². The Hall–Kier alpha value is -4.07. The Morgan fingerprint density at radius 3 is 2.64 bits per heavy atom. The van der Waals surface area contributed by atoms with Gasteiger partial charge in [0.2, 0.25) is 0 Å². The van der Waals surface area contributed by atoms with Crippen molar-refractivity contribution >= 4 is 23.6 Å². The lowest BCUT2D eigenvalue weighted by molar-refractivity contribution is 0.642. The molecule has 3 rings (SSSR count). The van der Waals surface area contributed by atoms with Crippen molar-refractivity contribution in [3.8, 4) is 11.1 Å². The molecule has 0 aliphatic carbocycles. The van der Waals surface area contributed by atoms with Crippen LogP contribution in [-0.2, 0) is 0 Å². The first-order chi connectivity index (χ1) is 15.9. The Balaban J connectivity index is 2.11. The topological polar surface area (TPSA) is 131 Å². The number of nitrogens with one attached hydrogen (secondary N) is 1. The van der Waals surface area contributed by atoms with Gasteiger partial charge in [-0.05, 0) is 42.0 Å². The van der Waals surface area contributed by atoms with Gasteiger partial charge in [0.15, 0.2) is 0 Å². The lowest BCUT2D eigenvalue weighted by atomic mass is 9.93. The number of nitrogens with two attached hydrogens (primary N) is 3. The van der Waals surface area contributed by atoms with Crippen LogP contribution in [0.5, 0.6) is 0 Å². The van der Waals surface area contributed by atoms with E-state index in [2.05, 4.69) is 34.0 Å². The standard InChI is InChI=1S/C25H32N8/c1-16(2)18(11-26)10-22(28)32-23-8-7-21-25(33(23)4)24(17-6-5-9-30-14-17)20(15-31-21)19(12-27)13-29-3/h5-16,23,32H,26-28H2,1-4H3/b18-11+,19-12?,22-10+,29-13?. The Morgan fingerprint density at radius 2 is 2.03 bits per heavy atom. The molecule has 0 amide bonds. The molecule has 0 radical (unpaired) electrons. The van der Waals surface area contributed by atoms with E-state index in [-0.39, 0.29) is 12.1 Å². The number of hydrogen-bond acceptors (Lipinski definition) is 8. The average molecular weight is 445 g/mol. The second-order valence-electron chi connectivity index (χ2n) is 8.01. The largest absolute Gasteiger partial charge is 0.404 e. The van der Waals surface area contributed by atoms with E-state index in [9.17, 15) is 0 Å². The van der Waals surface area contributed by atoms with Crippen molar-refractivity contribution < 1.29 is 0 Å². The third kappa shape index (κ3) is 5.06. The SMILES string of the molecule is CN=CC(=CN)c1cnc2c(c1-c1cccnc1)N(C)C(N/C(N)=C/C(=C\N)C(C)C)C=C2. The molecular formula is C25H32N8. The van der Waals surface area contributed by atoms with Gasteiger partial charge in [-0.1, -0.05) is 19.9 Å². The van der Waals surface area contributed by atoms with Crippen LogP contribution in [0.2, 0.25) is 0 Å². The third-order valence-corrected chi connectivity index (χ3v) is 5.49. The number of aliphatic imine (C=N–C) groups is 1. The third-order valence-electron chi connectivity index (χ3n) is 5.49. The lowest BCUT2D eigenvalue weighted by Crippen LogP contribution is -2.45. The number of hydrogen-bond donors (Lipinski definition) is 4. The van der Waals surface area contributed by atoms with Crippen LogP contribution >= 0.6 is 0 Å². The molecule has 1 aliphatic heterocycles. The molecule has 1 aliphatic rings. The maximum absolute atomic E-state index is 6.31. The summed E-state index contributed by atoms with van der Waals surface area (Å²) in [5, 5.41) is 3.37. The fourth-order valence-electron chi connectivity index (χ4n) is 3.75. The minimum Gasteiger partial charge on any atom is -0.404 e. The van der Waals surface area contributed by atoms with E-state index >= 15 is 0 Å². The van der Waals surface area contributed by atoms with E-state index in [0.29, 0.717) is 5.82 Å². The predicted octanol–water partition coefficient (Wildman–Crippen LogP) is 2.82. The van der Waals surface area contributed by atoms with Crippen molar-refractivity contribution in [3.63, 3.8) is 0 Å². The molecule has 0 bridgehead atoms. The summed E-state index contributed by atoms with van der Waals surface area (Å²) in [5.74, 6) is 0.791. The molecular weight excluding hydrogens is 412 g/mol. The summed E-state index contributed by atoms with van der Waals surface area (Å²) in [5.41, 5.74) is 24.3. The highest BCUT2D eigenvalue weighted by atomic mass is 15.3. The average Bonchev–Trinajstić information content (AvgIpc) is 2.82. The molecule has 172 valence electrons. The molecule has 1 unspecified atom stereocenters. The Bertz CT molecular complexity index is 1130. The number of allylic oxidation sites excluding steroid dienone is 3. The van der Waals surface area contributed by atoms with Crippen LogP contribution in [0.25, 0.3) is 22.8 Å². The van der Waals surface area contributed by atoms with Crippen LogP contribution in [0.15, 0.2) is 71.7 Å². The van der Waals surface area contributed by atoms with Gasteiger partial charge in [0.25, 0.3) is 0 Å². The van der Waals surface area contributed by atoms with Gasteiger partial charge in [0.05, 0.1) is 17.2 Å². The first-order valence-electron chi connectivity index (χ1n) is 10.8. The van der Waals surface area contributed by atoms with Crippen molar-refractivity contribution in [2.24, 2.45) is 28.1 Å². The molecule has 33 heavy (non-hydrogen) atoms. The van der Waals surface area contributed by atoms with E-state index in [4.69, 9.17) is 22.2 Å². The van der Waals surface area contributed by atoms with Crippen molar-refractivity contribution in [2.45, 2.75) is 20.0 Å². The fraction of sp³-hybridized carbons (Fsp3) is 0.240. The highest BCUT2D eigenvalue weighted by Gasteiger charge is 2.26. The maximum atomic E-state index is 6.31. The smallest absolute Gasteiger partial charge is 0.120 e. The summed E-state index contributed by atoms with van der Waals surface area (Å²) in [4.78, 5) is 15.3. The van der Waals surface area contributed by atoms with Gasteiger partial charge in [0.1, 0.15) is 6.17 Å². The predicted molar refractivity (Wildman–Crippen MR) is 138 cm³/mol. The number of nitrogens with zero attached hydrogens (tertiary/aromatic N) is 4. The zero-order valence-electron chi connectivity index (χ0n) is 19.5. The molecule has 7 N–H and O–H groups in total. The molecule has 0 spiro atoms. The van der Waals surface area contributed by atoms with Gasteiger partial charge < -0.3 is 27.4 Å². The van der Waals surface area contributed by atoms with Gasteiger partial charge in [-0.3, -0.25) is 15.0 Å². The number of rotatable bonds is 7. The van der Waals surface area contributed by atoms with E-state index < -0.39 is 0 Å². The summed E-state index contributed by atoms with van der Waals surface area (Å²) in [7, 11) is 3.71. The van der Waals surface area contributed by atoms with Gasteiger partial charge in [0, 0.05) is 67.4 Å². The van der Waals surface area contributed by atoms with Crippen molar-refractivity contribution in [1.29, 1.82) is 0 Å². The zero-order chi connectivity index (χ0) is 24.0. The van der Waals surface area contributed by atoms with Crippen LogP contribution in [0.1, 0.15) is 25.1 Å². The molecule has 0 saturated carbocycles. The lowest BCUT2D eigenvalue weighted by Gasteiger charge is -2.35. The van der Waals surface area contributed by atoms with Gasteiger partial charge in [-0.25, -0.2) is 0 Å². The number of aromatic nitrogens is 2. The highest BCUT2D eigenvalue weighted by molar-refractivity contribution is 6.13. The minimum atomic E-state index is -0.197. The van der Waals surface area contributed by atoms with Crippen LogP contribution in [0, 0.1) is 5.92 Å². The number of fused-ring (bicyclic) bond motifs is 1. The summed E-state index contributed by atoms with van der Waals surface area (Å²) >= 11 is 0. The van der Waals surface area contributed by atoms with E-state index in [1.165, 1.54) is 6.20 Å². The fourth-order valence-corrected chi connectivity index (χ4v) is 3.75. The molecule has 0 aromatic carbocycles. The van der Waals surface area contributed by atoms with E-state index in [0.717, 1.165) is 39.2 Å². The number of likely N-dealkylation sites (N-methyl/N-ethyl adjacent to an activating group) is 1. The van der Waals surface area contributed by atoms with Gasteiger partial charge >= 0.3 is 0 Å². The monoisotopic (exact) mass is 444 g/mol. The highest BCUT2D eigenvalue weighted by Crippen LogP contribution is 2.40. The summed E-state index contributed by atoms with van der Waals surface area (Å²) in [6.07, 6.45) is 15.9. The summed E-state index contributed by atoms with van der Waals surface area (Å²) in [6, 6.07) is 3.93. The molecule has 8 heteroatoms. The normalized spacial score (nSPS) is 17.1. The first-order valence-corrected chi connectivity index (χ1v) is 10.8. The molecule has 2 aromatic heterocycles. The second-order valence-corrected chi connectivity index (χ2v) is 8.01. The summed E-state index contributed by atoms with van der Waals surface area (Å²) < 4.78 is 0. The van der Waals surface area contributed by atoms with Crippen LogP contribution in [0.3, 0.4) is 0 Å². The van der Waals surface area contributed by atoms with Crippen molar-refractivity contribution in [1.82, 2.24) is 15.3 Å². The zero-order valence-corrected chi connectivity index (χ0v) is 19.5. The summed E-state index contributed by atoms with van der Waals surface area (Å²) in [6.45, 7) is 4.14. The Morgan fingerprint density at radius 1 is 1.24 bits per heavy atom. The maximum Gasteiger partial charge on any atom is 0.120 e. The molecule has 2 aromatic rings. The van der Waals surface area contributed by atoms with E-state index in [1.54, 1.807) is 25.7 Å². The molecule has 0 fully saturated rings. The molecule has 8 nitrogen and oxygen atoms in total. The Kier molecular flexibility index (Phi) is 7.50. The van der Waals surface area contributed by atoms with Crippen LogP contribution in [-0.4, -0.2) is 36.4 Å². The van der Waals surface area contributed by atoms with Gasteiger partial charge in [-0.2, -0.15) is 0 Å².